The Kier molecular flexibility index (Phi) is 4.48. The van der Waals surface area contributed by atoms with Crippen molar-refractivity contribution in [2.45, 2.75) is 18.6 Å². The molecular formula is C22H23NO5. The van der Waals surface area contributed by atoms with E-state index in [-0.39, 0.29) is 6.04 Å². The molecule has 2 fully saturated rings. The van der Waals surface area contributed by atoms with E-state index in [1.54, 1.807) is 5.06 Å². The summed E-state index contributed by atoms with van der Waals surface area (Å²) in [5.74, 6) is -1.17. The molecule has 6 nitrogen and oxygen atoms in total. The first-order valence-electron chi connectivity index (χ1n) is 9.19. The highest BCUT2D eigenvalue weighted by atomic mass is 16.7. The molecule has 1 saturated carbocycles. The first-order valence-corrected chi connectivity index (χ1v) is 9.19. The number of hydrogen-bond acceptors (Lipinski definition) is 6. The lowest BCUT2D eigenvalue weighted by Gasteiger charge is -2.28. The number of hydrogen-bond donors (Lipinski definition) is 0. The normalized spacial score (nSPS) is 28.1. The van der Waals surface area contributed by atoms with Gasteiger partial charge in [0.05, 0.1) is 25.7 Å². The van der Waals surface area contributed by atoms with Crippen LogP contribution in [0.5, 0.6) is 0 Å². The predicted molar refractivity (Wildman–Crippen MR) is 101 cm³/mol. The van der Waals surface area contributed by atoms with Crippen LogP contribution in [0.2, 0.25) is 0 Å². The van der Waals surface area contributed by atoms with Crippen molar-refractivity contribution in [2.75, 3.05) is 21.3 Å². The van der Waals surface area contributed by atoms with Crippen molar-refractivity contribution >= 4 is 11.9 Å². The van der Waals surface area contributed by atoms with Gasteiger partial charge >= 0.3 is 11.9 Å². The standard InChI is InChI=1S/C22H23NO5/c1-23-17(15-10-6-4-7-11-15)21(18(28-23)16-12-8-5-9-13-16)14-22(21,19(24)26-2)20(25)27-3/h4-13,17-18H,14H2,1-3H3/t17-,18+,21-/m0/s1. The maximum absolute atomic E-state index is 12.9. The molecule has 2 aliphatic rings. The summed E-state index contributed by atoms with van der Waals surface area (Å²) >= 11 is 0. The Morgan fingerprint density at radius 1 is 0.929 bits per heavy atom. The molecule has 146 valence electrons. The fourth-order valence-corrected chi connectivity index (χ4v) is 4.92. The van der Waals surface area contributed by atoms with Gasteiger partial charge in [-0.1, -0.05) is 60.7 Å². The van der Waals surface area contributed by atoms with E-state index in [1.165, 1.54) is 14.2 Å². The zero-order valence-electron chi connectivity index (χ0n) is 16.1. The second-order valence-electron chi connectivity index (χ2n) is 7.36. The van der Waals surface area contributed by atoms with Crippen molar-refractivity contribution in [3.8, 4) is 0 Å². The van der Waals surface area contributed by atoms with Crippen LogP contribution in [0.15, 0.2) is 60.7 Å². The average Bonchev–Trinajstić information content (AvgIpc) is 3.34. The quantitative estimate of drug-likeness (QED) is 0.599. The van der Waals surface area contributed by atoms with Crippen molar-refractivity contribution in [3.05, 3.63) is 71.8 Å². The molecule has 1 aliphatic carbocycles. The molecule has 1 heterocycles. The summed E-state index contributed by atoms with van der Waals surface area (Å²) in [4.78, 5) is 32.1. The lowest BCUT2D eigenvalue weighted by atomic mass is 9.77. The molecular weight excluding hydrogens is 358 g/mol. The summed E-state index contributed by atoms with van der Waals surface area (Å²) in [7, 11) is 4.43. The predicted octanol–water partition coefficient (Wildman–Crippen LogP) is 3.07. The number of hydroxylamine groups is 2. The topological polar surface area (TPSA) is 65.1 Å². The first kappa shape index (κ1) is 18.7. The van der Waals surface area contributed by atoms with Crippen LogP contribution in [0.25, 0.3) is 0 Å². The zero-order valence-corrected chi connectivity index (χ0v) is 16.1. The number of carbonyl (C=O) groups excluding carboxylic acids is 2. The van der Waals surface area contributed by atoms with E-state index in [2.05, 4.69) is 0 Å². The van der Waals surface area contributed by atoms with Crippen LogP contribution in [-0.4, -0.2) is 38.3 Å². The van der Waals surface area contributed by atoms with Gasteiger partial charge in [-0.3, -0.25) is 14.4 Å². The molecule has 0 amide bonds. The van der Waals surface area contributed by atoms with Crippen molar-refractivity contribution in [3.63, 3.8) is 0 Å². The SMILES string of the molecule is COC(=O)C1(C(=O)OC)C[C@]12[C@@H](c1ccccc1)ON(C)[C@H]2c1ccccc1. The fraction of sp³-hybridized carbons (Fsp3) is 0.364. The molecule has 2 aromatic rings. The third-order valence-electron chi connectivity index (χ3n) is 6.10. The Labute approximate surface area is 164 Å². The highest BCUT2D eigenvalue weighted by molar-refractivity contribution is 6.05. The van der Waals surface area contributed by atoms with Gasteiger partial charge in [0, 0.05) is 7.05 Å². The van der Waals surface area contributed by atoms with Gasteiger partial charge in [-0.15, -0.1) is 0 Å². The summed E-state index contributed by atoms with van der Waals surface area (Å²) in [6.07, 6.45) is -0.190. The molecule has 4 rings (SSSR count). The van der Waals surface area contributed by atoms with E-state index in [4.69, 9.17) is 14.3 Å². The Balaban J connectivity index is 1.92. The van der Waals surface area contributed by atoms with Crippen molar-refractivity contribution in [1.29, 1.82) is 0 Å². The van der Waals surface area contributed by atoms with E-state index in [9.17, 15) is 9.59 Å². The number of esters is 2. The third kappa shape index (κ3) is 2.34. The Hall–Kier alpha value is -2.70. The Morgan fingerprint density at radius 3 is 1.93 bits per heavy atom. The van der Waals surface area contributed by atoms with E-state index in [1.807, 2.05) is 67.7 Å². The number of nitrogens with zero attached hydrogens (tertiary/aromatic N) is 1. The summed E-state index contributed by atoms with van der Waals surface area (Å²) < 4.78 is 10.2. The van der Waals surface area contributed by atoms with Gasteiger partial charge in [-0.25, -0.2) is 0 Å². The molecule has 28 heavy (non-hydrogen) atoms. The van der Waals surface area contributed by atoms with Crippen LogP contribution in [0.4, 0.5) is 0 Å². The highest BCUT2D eigenvalue weighted by Gasteiger charge is 2.86. The van der Waals surface area contributed by atoms with Crippen molar-refractivity contribution in [1.82, 2.24) is 5.06 Å². The lowest BCUT2D eigenvalue weighted by molar-refractivity contribution is -0.165. The summed E-state index contributed by atoms with van der Waals surface area (Å²) in [6.45, 7) is 0. The smallest absolute Gasteiger partial charge is 0.324 e. The van der Waals surface area contributed by atoms with Gasteiger partial charge in [-0.2, -0.15) is 5.06 Å². The van der Waals surface area contributed by atoms with Gasteiger partial charge < -0.3 is 9.47 Å². The minimum Gasteiger partial charge on any atom is -0.468 e. The van der Waals surface area contributed by atoms with Gasteiger partial charge in [0.25, 0.3) is 0 Å². The molecule has 1 aliphatic heterocycles. The maximum atomic E-state index is 12.9. The van der Waals surface area contributed by atoms with Crippen LogP contribution in [0, 0.1) is 10.8 Å². The van der Waals surface area contributed by atoms with Gasteiger partial charge in [0.1, 0.15) is 6.10 Å². The van der Waals surface area contributed by atoms with Crippen LogP contribution >= 0.6 is 0 Å². The maximum Gasteiger partial charge on any atom is 0.324 e. The number of benzene rings is 2. The number of rotatable bonds is 4. The van der Waals surface area contributed by atoms with Gasteiger partial charge in [0.15, 0.2) is 5.41 Å². The van der Waals surface area contributed by atoms with Gasteiger partial charge in [0.2, 0.25) is 0 Å². The molecule has 1 saturated heterocycles. The molecule has 0 aromatic heterocycles. The van der Waals surface area contributed by atoms with E-state index >= 15 is 0 Å². The molecule has 0 N–H and O–H groups in total. The van der Waals surface area contributed by atoms with E-state index in [0.717, 1.165) is 11.1 Å². The second-order valence-corrected chi connectivity index (χ2v) is 7.36. The van der Waals surface area contributed by atoms with Crippen LogP contribution in [-0.2, 0) is 23.9 Å². The summed E-state index contributed by atoms with van der Waals surface area (Å²) in [6, 6.07) is 19.1. The third-order valence-corrected chi connectivity index (χ3v) is 6.10. The monoisotopic (exact) mass is 381 g/mol. The summed E-state index contributed by atoms with van der Waals surface area (Å²) in [5, 5.41) is 1.75. The molecule has 0 bridgehead atoms. The molecule has 1 spiro atoms. The minimum atomic E-state index is -1.41. The Bertz CT molecular complexity index is 868. The van der Waals surface area contributed by atoms with Gasteiger partial charge in [-0.05, 0) is 17.5 Å². The summed E-state index contributed by atoms with van der Waals surface area (Å²) in [5.41, 5.74) is -0.368. The molecule has 2 aromatic carbocycles. The minimum absolute atomic E-state index is 0.294. The van der Waals surface area contributed by atoms with Crippen LogP contribution in [0.3, 0.4) is 0 Å². The highest BCUT2D eigenvalue weighted by Crippen LogP contribution is 2.80. The molecule has 0 radical (unpaired) electrons. The molecule has 0 unspecified atom stereocenters. The number of ether oxygens (including phenoxy) is 2. The largest absolute Gasteiger partial charge is 0.468 e. The van der Waals surface area contributed by atoms with E-state index < -0.39 is 28.9 Å². The zero-order chi connectivity index (χ0) is 19.9. The first-order chi connectivity index (χ1) is 13.5. The number of methoxy groups -OCH3 is 2. The van der Waals surface area contributed by atoms with Crippen LogP contribution < -0.4 is 0 Å². The van der Waals surface area contributed by atoms with Crippen molar-refractivity contribution < 1.29 is 23.9 Å². The lowest BCUT2D eigenvalue weighted by Crippen LogP contribution is -2.38. The van der Waals surface area contributed by atoms with E-state index in [0.29, 0.717) is 6.42 Å². The van der Waals surface area contributed by atoms with Crippen LogP contribution in [0.1, 0.15) is 29.7 Å². The average molecular weight is 381 g/mol. The molecule has 6 heteroatoms. The van der Waals surface area contributed by atoms with Crippen molar-refractivity contribution in [2.24, 2.45) is 10.8 Å². The number of carbonyl (C=O) groups is 2. The Morgan fingerprint density at radius 2 is 1.43 bits per heavy atom. The molecule has 3 atom stereocenters. The second kappa shape index (κ2) is 6.72. The fourth-order valence-electron chi connectivity index (χ4n) is 4.92.